The predicted octanol–water partition coefficient (Wildman–Crippen LogP) is 3.70. The van der Waals surface area contributed by atoms with Crippen LogP contribution in [0.5, 0.6) is 0 Å². The molecule has 1 unspecified atom stereocenters. The van der Waals surface area contributed by atoms with E-state index in [1.807, 2.05) is 30.3 Å². The van der Waals surface area contributed by atoms with Crippen LogP contribution in [0, 0.1) is 0 Å². The highest BCUT2D eigenvalue weighted by Gasteiger charge is 2.48. The normalized spacial score (nSPS) is 17.0. The zero-order valence-corrected chi connectivity index (χ0v) is 22.6. The number of likely N-dealkylation sites (tertiary alicyclic amines) is 1. The van der Waals surface area contributed by atoms with Crippen LogP contribution in [0.2, 0.25) is 0 Å². The molecule has 14 heteroatoms. The Morgan fingerprint density at radius 3 is 2.32 bits per heavy atom. The second-order valence-electron chi connectivity index (χ2n) is 8.68. The van der Waals surface area contributed by atoms with Gasteiger partial charge in [-0.2, -0.15) is 13.2 Å². The molecule has 0 radical (unpaired) electrons. The molecule has 1 fully saturated rings. The van der Waals surface area contributed by atoms with Crippen LogP contribution < -0.4 is 10.5 Å². The zero-order chi connectivity index (χ0) is 27.3. The molecule has 0 saturated carbocycles. The van der Waals surface area contributed by atoms with Gasteiger partial charge in [0.05, 0.1) is 16.7 Å². The quantitative estimate of drug-likeness (QED) is 0.386. The first kappa shape index (κ1) is 29.7. The highest BCUT2D eigenvalue weighted by Crippen LogP contribution is 2.36. The lowest BCUT2D eigenvalue weighted by Gasteiger charge is -2.32. The van der Waals surface area contributed by atoms with Gasteiger partial charge in [0.1, 0.15) is 4.90 Å². The van der Waals surface area contributed by atoms with Crippen molar-refractivity contribution in [1.29, 1.82) is 0 Å². The van der Waals surface area contributed by atoms with E-state index in [9.17, 15) is 30.0 Å². The minimum atomic E-state index is -5.86. The lowest BCUT2D eigenvalue weighted by molar-refractivity contribution is -0.0435. The van der Waals surface area contributed by atoms with Crippen molar-refractivity contribution in [3.63, 3.8) is 0 Å². The van der Waals surface area contributed by atoms with Gasteiger partial charge < -0.3 is 15.0 Å². The van der Waals surface area contributed by atoms with Crippen molar-refractivity contribution in [2.75, 3.05) is 37.8 Å². The molecule has 1 aliphatic rings. The Balaban J connectivity index is 1.87. The Morgan fingerprint density at radius 2 is 1.76 bits per heavy atom. The highest BCUT2D eigenvalue weighted by atomic mass is 32.2. The number of alkyl halides is 3. The number of sulfone groups is 1. The summed E-state index contributed by atoms with van der Waals surface area (Å²) in [5.41, 5.74) is -5.96. The van der Waals surface area contributed by atoms with Crippen LogP contribution >= 0.6 is 11.8 Å². The molecule has 3 rings (SSSR count). The third-order valence-corrected chi connectivity index (χ3v) is 9.70. The van der Waals surface area contributed by atoms with Crippen LogP contribution in [0.4, 0.5) is 18.9 Å². The summed E-state index contributed by atoms with van der Waals surface area (Å²) < 4.78 is 94.0. The smallest absolute Gasteiger partial charge is 0.381 e. The second-order valence-corrected chi connectivity index (χ2v) is 13.2. The molecule has 3 N–H and O–H groups in total. The lowest BCUT2D eigenvalue weighted by Crippen LogP contribution is -2.39. The third-order valence-electron chi connectivity index (χ3n) is 6.09. The molecule has 0 bridgehead atoms. The molecular formula is C23H30F3N3O5S3. The Kier molecular flexibility index (Phi) is 9.91. The number of hydrogen-bond acceptors (Lipinski definition) is 8. The highest BCUT2D eigenvalue weighted by molar-refractivity contribution is 7.99. The van der Waals surface area contributed by atoms with Gasteiger partial charge in [0.2, 0.25) is 10.0 Å². The maximum absolute atomic E-state index is 13.5. The van der Waals surface area contributed by atoms with Gasteiger partial charge in [-0.1, -0.05) is 18.2 Å². The molecule has 37 heavy (non-hydrogen) atoms. The molecule has 1 saturated heterocycles. The van der Waals surface area contributed by atoms with Gasteiger partial charge >= 0.3 is 5.51 Å². The molecule has 0 spiro atoms. The number of piperidine rings is 1. The van der Waals surface area contributed by atoms with Crippen molar-refractivity contribution in [2.45, 2.75) is 51.6 Å². The number of rotatable bonds is 11. The fourth-order valence-electron chi connectivity index (χ4n) is 3.98. The van der Waals surface area contributed by atoms with Crippen molar-refractivity contribution in [2.24, 2.45) is 5.14 Å². The van der Waals surface area contributed by atoms with Crippen LogP contribution in [0.3, 0.4) is 0 Å². The molecule has 1 heterocycles. The van der Waals surface area contributed by atoms with Crippen molar-refractivity contribution in [3.05, 3.63) is 48.5 Å². The van der Waals surface area contributed by atoms with Crippen molar-refractivity contribution in [1.82, 2.24) is 4.90 Å². The second kappa shape index (κ2) is 12.3. The Hall–Kier alpha value is -1.84. The predicted molar refractivity (Wildman–Crippen MR) is 137 cm³/mol. The maximum Gasteiger partial charge on any atom is 0.501 e. The maximum atomic E-state index is 13.5. The van der Waals surface area contributed by atoms with Gasteiger partial charge in [0, 0.05) is 43.4 Å². The first-order valence-corrected chi connectivity index (χ1v) is 15.5. The number of ether oxygens (including phenoxy) is 1. The van der Waals surface area contributed by atoms with Gasteiger partial charge in [-0.15, -0.1) is 11.8 Å². The monoisotopic (exact) mass is 581 g/mol. The molecule has 206 valence electrons. The number of benzene rings is 2. The fourth-order valence-corrected chi connectivity index (χ4v) is 6.54. The van der Waals surface area contributed by atoms with Gasteiger partial charge in [-0.25, -0.2) is 22.0 Å². The summed E-state index contributed by atoms with van der Waals surface area (Å²) in [5, 5.41) is 8.00. The molecule has 0 aromatic heterocycles. The average Bonchev–Trinajstić information content (AvgIpc) is 2.85. The molecule has 1 aliphatic heterocycles. The minimum absolute atomic E-state index is 0.200. The number of sulfonamides is 1. The number of nitrogens with two attached hydrogens (primary N) is 1. The van der Waals surface area contributed by atoms with E-state index in [0.29, 0.717) is 24.8 Å². The summed E-state index contributed by atoms with van der Waals surface area (Å²) in [4.78, 5) is 1.27. The number of nitrogens with zero attached hydrogens (tertiary/aromatic N) is 1. The van der Waals surface area contributed by atoms with Gasteiger partial charge in [0.15, 0.2) is 0 Å². The van der Waals surface area contributed by atoms with Crippen molar-refractivity contribution >= 4 is 37.3 Å². The summed E-state index contributed by atoms with van der Waals surface area (Å²) in [6.07, 6.45) is 2.46. The topological polar surface area (TPSA) is 119 Å². The Bertz CT molecular complexity index is 1250. The SMILES string of the molecule is COC1CCN(CCC(CSc2ccccc2)Nc2ccc(S(N)(=O)=O)cc2S(=O)(=O)C(F)(F)F)CC1. The first-order chi connectivity index (χ1) is 17.3. The lowest BCUT2D eigenvalue weighted by atomic mass is 10.1. The van der Waals surface area contributed by atoms with Crippen molar-refractivity contribution < 1.29 is 34.7 Å². The van der Waals surface area contributed by atoms with Gasteiger partial charge in [-0.05, 0) is 49.6 Å². The van der Waals surface area contributed by atoms with E-state index in [2.05, 4.69) is 10.2 Å². The van der Waals surface area contributed by atoms with E-state index >= 15 is 0 Å². The van der Waals surface area contributed by atoms with E-state index in [1.165, 1.54) is 11.8 Å². The first-order valence-electron chi connectivity index (χ1n) is 11.5. The zero-order valence-electron chi connectivity index (χ0n) is 20.1. The number of hydrogen-bond donors (Lipinski definition) is 2. The number of anilines is 1. The van der Waals surface area contributed by atoms with Crippen molar-refractivity contribution in [3.8, 4) is 0 Å². The van der Waals surface area contributed by atoms with Crippen LogP contribution in [0.15, 0.2) is 63.2 Å². The molecular weight excluding hydrogens is 551 g/mol. The Morgan fingerprint density at radius 1 is 1.11 bits per heavy atom. The number of methoxy groups -OCH3 is 1. The summed E-state index contributed by atoms with van der Waals surface area (Å²) in [7, 11) is -8.62. The largest absolute Gasteiger partial charge is 0.501 e. The van der Waals surface area contributed by atoms with Crippen LogP contribution in [0.1, 0.15) is 19.3 Å². The van der Waals surface area contributed by atoms with Crippen LogP contribution in [-0.2, 0) is 24.6 Å². The summed E-state index contributed by atoms with van der Waals surface area (Å²) in [6.45, 7) is 2.27. The third kappa shape index (κ3) is 8.07. The van der Waals surface area contributed by atoms with Gasteiger partial charge in [-0.3, -0.25) is 0 Å². The van der Waals surface area contributed by atoms with E-state index in [1.54, 1.807) is 7.11 Å². The summed E-state index contributed by atoms with van der Waals surface area (Å²) in [6, 6.07) is 11.4. The summed E-state index contributed by atoms with van der Waals surface area (Å²) >= 11 is 1.48. The van der Waals surface area contributed by atoms with Gasteiger partial charge in [0.25, 0.3) is 9.84 Å². The fraction of sp³-hybridized carbons (Fsp3) is 0.478. The molecule has 0 aliphatic carbocycles. The molecule has 8 nitrogen and oxygen atoms in total. The number of nitrogens with one attached hydrogen (secondary N) is 1. The van der Waals surface area contributed by atoms with E-state index in [-0.39, 0.29) is 11.8 Å². The number of halogens is 3. The molecule has 2 aromatic rings. The number of primary sulfonamides is 1. The van der Waals surface area contributed by atoms with E-state index < -0.39 is 41.2 Å². The number of thioether (sulfide) groups is 1. The minimum Gasteiger partial charge on any atom is -0.381 e. The molecule has 0 amide bonds. The van der Waals surface area contributed by atoms with E-state index in [0.717, 1.165) is 43.0 Å². The molecule has 2 aromatic carbocycles. The molecule has 1 atom stereocenters. The summed E-state index contributed by atoms with van der Waals surface area (Å²) in [5.74, 6) is 0.432. The Labute approximate surface area is 219 Å². The van der Waals surface area contributed by atoms with Crippen LogP contribution in [-0.4, -0.2) is 71.9 Å². The standard InChI is InChI=1S/C23H30F3N3O5S3/c1-34-18-10-13-29(14-11-18)12-9-17(16-35-19-5-3-2-4-6-19)28-21-8-7-20(37(27,32)33)15-22(21)36(30,31)23(24,25)26/h2-8,15,17-18,28H,9-14,16H2,1H3,(H2,27,32,33). The van der Waals surface area contributed by atoms with Crippen LogP contribution in [0.25, 0.3) is 0 Å². The van der Waals surface area contributed by atoms with E-state index in [4.69, 9.17) is 9.88 Å². The average molecular weight is 582 g/mol.